The molecule has 2 aromatic rings. The summed E-state index contributed by atoms with van der Waals surface area (Å²) in [6, 6.07) is 13.1. The lowest BCUT2D eigenvalue weighted by atomic mass is 10.1. The van der Waals surface area contributed by atoms with Crippen LogP contribution in [-0.2, 0) is 0 Å². The van der Waals surface area contributed by atoms with E-state index in [0.29, 0.717) is 5.25 Å². The van der Waals surface area contributed by atoms with Gasteiger partial charge in [-0.3, -0.25) is 0 Å². The number of hydrogen-bond donors (Lipinski definition) is 1. The topological polar surface area (TPSA) is 38.7 Å². The van der Waals surface area contributed by atoms with Gasteiger partial charge < -0.3 is 14.6 Å². The molecule has 1 N–H and O–H groups in total. The molecule has 0 fully saturated rings. The van der Waals surface area contributed by atoms with Gasteiger partial charge >= 0.3 is 0 Å². The molecule has 3 rings (SSSR count). The lowest BCUT2D eigenvalue weighted by Crippen LogP contribution is -2.22. The molecule has 0 saturated carbocycles. The number of para-hydroxylation sites is 1. The van der Waals surface area contributed by atoms with Gasteiger partial charge in [0.05, 0.1) is 12.0 Å². The van der Waals surface area contributed by atoms with E-state index >= 15 is 0 Å². The van der Waals surface area contributed by atoms with E-state index in [1.54, 1.807) is 31.0 Å². The van der Waals surface area contributed by atoms with Gasteiger partial charge in [0, 0.05) is 5.25 Å². The number of rotatable bonds is 2. The van der Waals surface area contributed by atoms with Crippen molar-refractivity contribution < 1.29 is 14.6 Å². The summed E-state index contributed by atoms with van der Waals surface area (Å²) in [6.07, 6.45) is -0.0515. The first kappa shape index (κ1) is 13.2. The molecule has 20 heavy (non-hydrogen) atoms. The molecule has 1 heterocycles. The van der Waals surface area contributed by atoms with E-state index < -0.39 is 0 Å². The molecule has 0 radical (unpaired) electrons. The van der Waals surface area contributed by atoms with Crippen molar-refractivity contribution in [2.45, 2.75) is 23.2 Å². The van der Waals surface area contributed by atoms with Gasteiger partial charge in [-0.1, -0.05) is 18.2 Å². The van der Waals surface area contributed by atoms with Crippen LogP contribution < -0.4 is 9.47 Å². The van der Waals surface area contributed by atoms with Gasteiger partial charge in [-0.05, 0) is 36.8 Å². The molecule has 2 aromatic carbocycles. The molecule has 0 bridgehead atoms. The van der Waals surface area contributed by atoms with Gasteiger partial charge in [0.15, 0.2) is 11.5 Å². The molecule has 0 aromatic heterocycles. The quantitative estimate of drug-likeness (QED) is 0.906. The van der Waals surface area contributed by atoms with E-state index in [1.165, 1.54) is 0 Å². The van der Waals surface area contributed by atoms with Gasteiger partial charge in [-0.15, -0.1) is 11.8 Å². The van der Waals surface area contributed by atoms with Crippen molar-refractivity contribution in [3.8, 4) is 17.2 Å². The van der Waals surface area contributed by atoms with Crippen LogP contribution in [0.15, 0.2) is 47.4 Å². The first-order chi connectivity index (χ1) is 9.69. The SMILES string of the molecule is COc1cccc2c1O[C@@H](c1ccc(O)cc1)[C@H](C)S2. The Morgan fingerprint density at radius 3 is 2.60 bits per heavy atom. The number of fused-ring (bicyclic) bond motifs is 1. The monoisotopic (exact) mass is 288 g/mol. The molecular weight excluding hydrogens is 272 g/mol. The normalized spacial score (nSPS) is 20.9. The van der Waals surface area contributed by atoms with Crippen LogP contribution in [0.4, 0.5) is 0 Å². The Balaban J connectivity index is 1.97. The molecule has 0 spiro atoms. The minimum atomic E-state index is -0.0515. The van der Waals surface area contributed by atoms with Crippen molar-refractivity contribution in [3.05, 3.63) is 48.0 Å². The lowest BCUT2D eigenvalue weighted by molar-refractivity contribution is 0.186. The Morgan fingerprint density at radius 1 is 1.15 bits per heavy atom. The molecule has 1 aliphatic heterocycles. The summed E-state index contributed by atoms with van der Waals surface area (Å²) in [6.45, 7) is 2.14. The molecule has 3 nitrogen and oxygen atoms in total. The van der Waals surface area contributed by atoms with E-state index in [0.717, 1.165) is 22.0 Å². The van der Waals surface area contributed by atoms with Gasteiger partial charge in [0.2, 0.25) is 0 Å². The van der Waals surface area contributed by atoms with Crippen molar-refractivity contribution >= 4 is 11.8 Å². The zero-order chi connectivity index (χ0) is 14.1. The molecule has 2 atom stereocenters. The predicted molar refractivity (Wildman–Crippen MR) is 79.8 cm³/mol. The van der Waals surface area contributed by atoms with E-state index in [2.05, 4.69) is 6.92 Å². The molecule has 104 valence electrons. The fraction of sp³-hybridized carbons (Fsp3) is 0.250. The summed E-state index contributed by atoms with van der Waals surface area (Å²) in [4.78, 5) is 1.10. The van der Waals surface area contributed by atoms with Gasteiger partial charge in [0.1, 0.15) is 11.9 Å². The number of ether oxygens (including phenoxy) is 2. The van der Waals surface area contributed by atoms with Crippen LogP contribution in [0.2, 0.25) is 0 Å². The number of hydrogen-bond acceptors (Lipinski definition) is 4. The minimum Gasteiger partial charge on any atom is -0.508 e. The average molecular weight is 288 g/mol. The van der Waals surface area contributed by atoms with Crippen LogP contribution in [0.3, 0.4) is 0 Å². The Labute approximate surface area is 122 Å². The Hall–Kier alpha value is -1.81. The average Bonchev–Trinajstić information content (AvgIpc) is 2.47. The van der Waals surface area contributed by atoms with Crippen LogP contribution in [-0.4, -0.2) is 17.5 Å². The summed E-state index contributed by atoms with van der Waals surface area (Å²) in [5, 5.41) is 9.69. The number of benzene rings is 2. The van der Waals surface area contributed by atoms with Crippen LogP contribution in [0.25, 0.3) is 0 Å². The Kier molecular flexibility index (Phi) is 3.49. The molecular formula is C16H16O3S. The Bertz CT molecular complexity index is 610. The van der Waals surface area contributed by atoms with Crippen molar-refractivity contribution in [1.29, 1.82) is 0 Å². The summed E-state index contributed by atoms with van der Waals surface area (Å²) in [5.74, 6) is 1.82. The van der Waals surface area contributed by atoms with Gasteiger partial charge in [0.25, 0.3) is 0 Å². The third kappa shape index (κ3) is 2.31. The molecule has 0 amide bonds. The third-order valence-electron chi connectivity index (χ3n) is 3.37. The highest BCUT2D eigenvalue weighted by atomic mass is 32.2. The molecule has 0 unspecified atom stereocenters. The fourth-order valence-electron chi connectivity index (χ4n) is 2.35. The van der Waals surface area contributed by atoms with Crippen molar-refractivity contribution in [2.24, 2.45) is 0 Å². The maximum atomic E-state index is 9.39. The number of methoxy groups -OCH3 is 1. The Morgan fingerprint density at radius 2 is 1.90 bits per heavy atom. The molecule has 4 heteroatoms. The largest absolute Gasteiger partial charge is 0.508 e. The smallest absolute Gasteiger partial charge is 0.175 e. The van der Waals surface area contributed by atoms with Crippen molar-refractivity contribution in [2.75, 3.05) is 7.11 Å². The van der Waals surface area contributed by atoms with Crippen LogP contribution >= 0.6 is 11.8 Å². The minimum absolute atomic E-state index is 0.0515. The fourth-order valence-corrected chi connectivity index (χ4v) is 3.50. The van der Waals surface area contributed by atoms with Crippen molar-refractivity contribution in [1.82, 2.24) is 0 Å². The highest BCUT2D eigenvalue weighted by molar-refractivity contribution is 8.00. The standard InChI is InChI=1S/C16H16O3S/c1-10-15(11-6-8-12(17)9-7-11)19-16-13(18-2)4-3-5-14(16)20-10/h3-10,15,17H,1-2H3/t10-,15+/m0/s1. The van der Waals surface area contributed by atoms with E-state index in [-0.39, 0.29) is 11.9 Å². The zero-order valence-electron chi connectivity index (χ0n) is 11.4. The summed E-state index contributed by atoms with van der Waals surface area (Å²) >= 11 is 1.78. The van der Waals surface area contributed by atoms with Gasteiger partial charge in [-0.25, -0.2) is 0 Å². The number of phenolic OH excluding ortho intramolecular Hbond substituents is 1. The molecule has 0 saturated heterocycles. The highest BCUT2D eigenvalue weighted by Crippen LogP contribution is 2.49. The van der Waals surface area contributed by atoms with Crippen molar-refractivity contribution in [3.63, 3.8) is 0 Å². The van der Waals surface area contributed by atoms with Crippen LogP contribution in [0.1, 0.15) is 18.6 Å². The third-order valence-corrected chi connectivity index (χ3v) is 4.56. The van der Waals surface area contributed by atoms with Crippen LogP contribution in [0, 0.1) is 0 Å². The summed E-state index contributed by atoms with van der Waals surface area (Å²) < 4.78 is 11.5. The summed E-state index contributed by atoms with van der Waals surface area (Å²) in [7, 11) is 1.65. The number of phenols is 1. The second kappa shape index (κ2) is 5.29. The maximum Gasteiger partial charge on any atom is 0.175 e. The maximum absolute atomic E-state index is 9.39. The highest BCUT2D eigenvalue weighted by Gasteiger charge is 2.30. The van der Waals surface area contributed by atoms with E-state index in [4.69, 9.17) is 9.47 Å². The number of aromatic hydroxyl groups is 1. The van der Waals surface area contributed by atoms with Gasteiger partial charge in [-0.2, -0.15) is 0 Å². The molecule has 1 aliphatic rings. The summed E-state index contributed by atoms with van der Waals surface area (Å²) in [5.41, 5.74) is 1.05. The second-order valence-corrected chi connectivity index (χ2v) is 6.16. The first-order valence-electron chi connectivity index (χ1n) is 6.48. The van der Waals surface area contributed by atoms with Crippen LogP contribution in [0.5, 0.6) is 17.2 Å². The van der Waals surface area contributed by atoms with E-state index in [9.17, 15) is 5.11 Å². The predicted octanol–water partition coefficient (Wildman–Crippen LogP) is 4.02. The zero-order valence-corrected chi connectivity index (χ0v) is 12.2. The lowest BCUT2D eigenvalue weighted by Gasteiger charge is -2.32. The molecule has 0 aliphatic carbocycles. The van der Waals surface area contributed by atoms with E-state index in [1.807, 2.05) is 30.3 Å². The second-order valence-electron chi connectivity index (χ2n) is 4.74. The number of thioether (sulfide) groups is 1. The first-order valence-corrected chi connectivity index (χ1v) is 7.36.